The molecule has 1 saturated carbocycles. The maximum absolute atomic E-state index is 12.3. The number of hydrogen-bond acceptors (Lipinski definition) is 4. The molecule has 8 heteroatoms. The number of carbonyl (C=O) groups is 1. The van der Waals surface area contributed by atoms with Crippen LogP contribution in [0.1, 0.15) is 23.5 Å². The van der Waals surface area contributed by atoms with Crippen molar-refractivity contribution in [2.24, 2.45) is 13.0 Å². The molecular weight excluding hydrogens is 328 g/mol. The zero-order chi connectivity index (χ0) is 17.3. The van der Waals surface area contributed by atoms with Crippen LogP contribution in [0.2, 0.25) is 0 Å². The van der Waals surface area contributed by atoms with E-state index in [0.29, 0.717) is 6.42 Å². The molecule has 1 aliphatic carbocycles. The summed E-state index contributed by atoms with van der Waals surface area (Å²) in [6, 6.07) is 9.24. The van der Waals surface area contributed by atoms with Gasteiger partial charge in [-0.3, -0.25) is 9.48 Å². The van der Waals surface area contributed by atoms with E-state index in [1.54, 1.807) is 10.9 Å². The number of aryl methyl sites for hydroxylation is 1. The van der Waals surface area contributed by atoms with Crippen LogP contribution in [0.15, 0.2) is 42.7 Å². The second-order valence-electron chi connectivity index (χ2n) is 6.11. The Morgan fingerprint density at radius 1 is 1.38 bits per heavy atom. The van der Waals surface area contributed by atoms with Crippen molar-refractivity contribution in [1.29, 1.82) is 0 Å². The third-order valence-corrected chi connectivity index (χ3v) is 5.58. The van der Waals surface area contributed by atoms with E-state index in [9.17, 15) is 13.2 Å². The Kier molecular flexibility index (Phi) is 4.42. The number of amides is 1. The van der Waals surface area contributed by atoms with Gasteiger partial charge in [0.15, 0.2) is 0 Å². The summed E-state index contributed by atoms with van der Waals surface area (Å²) in [5.74, 6) is -0.716. The highest BCUT2D eigenvalue weighted by Gasteiger charge is 2.46. The van der Waals surface area contributed by atoms with E-state index in [0.717, 1.165) is 15.4 Å². The van der Waals surface area contributed by atoms with Crippen LogP contribution < -0.4 is 4.72 Å². The Balaban J connectivity index is 1.59. The number of hydrogen-bond donors (Lipinski definition) is 1. The summed E-state index contributed by atoms with van der Waals surface area (Å²) in [6.07, 6.45) is 4.22. The van der Waals surface area contributed by atoms with Crippen molar-refractivity contribution in [3.05, 3.63) is 53.9 Å². The third kappa shape index (κ3) is 3.65. The summed E-state index contributed by atoms with van der Waals surface area (Å²) in [6.45, 7) is 0.208. The normalized spacial score (nSPS) is 20.1. The number of nitrogens with one attached hydrogen (secondary N) is 1. The first kappa shape index (κ1) is 16.7. The summed E-state index contributed by atoms with van der Waals surface area (Å²) in [7, 11) is -0.588. The third-order valence-electron chi connectivity index (χ3n) is 4.17. The van der Waals surface area contributed by atoms with Crippen LogP contribution in [0.4, 0.5) is 0 Å². The van der Waals surface area contributed by atoms with E-state index in [1.807, 2.05) is 43.6 Å². The van der Waals surface area contributed by atoms with Crippen molar-refractivity contribution in [1.82, 2.24) is 18.8 Å². The molecule has 128 valence electrons. The van der Waals surface area contributed by atoms with Crippen molar-refractivity contribution in [2.45, 2.75) is 18.9 Å². The van der Waals surface area contributed by atoms with E-state index in [-0.39, 0.29) is 18.4 Å². The Morgan fingerprint density at radius 3 is 2.71 bits per heavy atom. The monoisotopic (exact) mass is 348 g/mol. The van der Waals surface area contributed by atoms with Gasteiger partial charge in [-0.25, -0.2) is 4.72 Å². The molecule has 7 nitrogen and oxygen atoms in total. The standard InChI is InChI=1S/C16H20N4O3S/c1-19-11-13(9-17-19)14-8-15(14)16(21)18-24(22,23)20(2)10-12-6-4-3-5-7-12/h3-7,9,11,14-15H,8,10H2,1-2H3,(H,18,21)/t14-,15-/m0/s1. The molecular formula is C16H20N4O3S. The molecule has 24 heavy (non-hydrogen) atoms. The molecule has 1 fully saturated rings. The van der Waals surface area contributed by atoms with Crippen molar-refractivity contribution < 1.29 is 13.2 Å². The average Bonchev–Trinajstić information content (AvgIpc) is 3.23. The second kappa shape index (κ2) is 6.37. The summed E-state index contributed by atoms with van der Waals surface area (Å²) < 4.78 is 29.6. The van der Waals surface area contributed by atoms with Crippen molar-refractivity contribution in [3.63, 3.8) is 0 Å². The first-order chi connectivity index (χ1) is 11.4. The van der Waals surface area contributed by atoms with Crippen LogP contribution in [0.3, 0.4) is 0 Å². The highest BCUT2D eigenvalue weighted by molar-refractivity contribution is 7.87. The van der Waals surface area contributed by atoms with Gasteiger partial charge in [-0.15, -0.1) is 0 Å². The lowest BCUT2D eigenvalue weighted by Crippen LogP contribution is -2.41. The fraction of sp³-hybridized carbons (Fsp3) is 0.375. The Hall–Kier alpha value is -2.19. The fourth-order valence-corrected chi connectivity index (χ4v) is 3.57. The van der Waals surface area contributed by atoms with Crippen molar-refractivity contribution in [2.75, 3.05) is 7.05 Å². The molecule has 0 radical (unpaired) electrons. The van der Waals surface area contributed by atoms with Crippen LogP contribution in [0, 0.1) is 5.92 Å². The quantitative estimate of drug-likeness (QED) is 0.845. The predicted molar refractivity (Wildman–Crippen MR) is 89.0 cm³/mol. The van der Waals surface area contributed by atoms with E-state index in [4.69, 9.17) is 0 Å². The van der Waals surface area contributed by atoms with Gasteiger partial charge in [0.25, 0.3) is 0 Å². The van der Waals surface area contributed by atoms with Gasteiger partial charge >= 0.3 is 10.2 Å². The molecule has 1 heterocycles. The molecule has 0 unspecified atom stereocenters. The number of carbonyl (C=O) groups excluding carboxylic acids is 1. The van der Waals surface area contributed by atoms with E-state index < -0.39 is 16.1 Å². The minimum Gasteiger partial charge on any atom is -0.276 e. The highest BCUT2D eigenvalue weighted by atomic mass is 32.2. The summed E-state index contributed by atoms with van der Waals surface area (Å²) in [5.41, 5.74) is 1.82. The van der Waals surface area contributed by atoms with Crippen LogP contribution in [0.5, 0.6) is 0 Å². The lowest BCUT2D eigenvalue weighted by Gasteiger charge is -2.17. The number of aromatic nitrogens is 2. The zero-order valence-corrected chi connectivity index (χ0v) is 14.4. The maximum atomic E-state index is 12.3. The molecule has 1 aromatic heterocycles. The van der Waals surface area contributed by atoms with E-state index in [2.05, 4.69) is 9.82 Å². The lowest BCUT2D eigenvalue weighted by molar-refractivity contribution is -0.120. The molecule has 0 saturated heterocycles. The van der Waals surface area contributed by atoms with Crippen molar-refractivity contribution >= 4 is 16.1 Å². The Morgan fingerprint density at radius 2 is 2.08 bits per heavy atom. The molecule has 1 N–H and O–H groups in total. The molecule has 1 amide bonds. The largest absolute Gasteiger partial charge is 0.303 e. The minimum atomic E-state index is -3.85. The van der Waals surface area contributed by atoms with Gasteiger partial charge in [0.1, 0.15) is 0 Å². The van der Waals surface area contributed by atoms with E-state index >= 15 is 0 Å². The molecule has 0 bridgehead atoms. The molecule has 3 rings (SSSR count). The number of nitrogens with zero attached hydrogens (tertiary/aromatic N) is 3. The highest BCUT2D eigenvalue weighted by Crippen LogP contribution is 2.47. The Bertz CT molecular complexity index is 832. The minimum absolute atomic E-state index is 0.0494. The van der Waals surface area contributed by atoms with Crippen molar-refractivity contribution in [3.8, 4) is 0 Å². The maximum Gasteiger partial charge on any atom is 0.303 e. The van der Waals surface area contributed by atoms with Gasteiger partial charge in [0, 0.05) is 32.8 Å². The van der Waals surface area contributed by atoms with Gasteiger partial charge in [0.05, 0.1) is 6.20 Å². The second-order valence-corrected chi connectivity index (χ2v) is 7.89. The van der Waals surface area contributed by atoms with Gasteiger partial charge in [-0.2, -0.15) is 17.8 Å². The molecule has 1 aliphatic rings. The SMILES string of the molecule is CN(Cc1ccccc1)S(=O)(=O)NC(=O)[C@H]1C[C@H]1c1cnn(C)c1. The van der Waals surface area contributed by atoms with Crippen LogP contribution in [-0.4, -0.2) is 35.5 Å². The topological polar surface area (TPSA) is 84.3 Å². The van der Waals surface area contributed by atoms with Crippen LogP contribution in [-0.2, 0) is 28.6 Å². The summed E-state index contributed by atoms with van der Waals surface area (Å²) in [4.78, 5) is 12.2. The molecule has 1 aromatic carbocycles. The van der Waals surface area contributed by atoms with E-state index in [1.165, 1.54) is 7.05 Å². The summed E-state index contributed by atoms with van der Waals surface area (Å²) in [5, 5.41) is 4.08. The first-order valence-electron chi connectivity index (χ1n) is 7.67. The molecule has 2 aromatic rings. The van der Waals surface area contributed by atoms with Gasteiger partial charge < -0.3 is 0 Å². The van der Waals surface area contributed by atoms with Crippen LogP contribution >= 0.6 is 0 Å². The predicted octanol–water partition coefficient (Wildman–Crippen LogP) is 1.02. The van der Waals surface area contributed by atoms with Gasteiger partial charge in [-0.05, 0) is 23.5 Å². The zero-order valence-electron chi connectivity index (χ0n) is 13.6. The molecule has 2 atom stereocenters. The summed E-state index contributed by atoms with van der Waals surface area (Å²) >= 11 is 0. The fourth-order valence-electron chi connectivity index (χ4n) is 2.69. The molecule has 0 spiro atoms. The number of rotatable bonds is 6. The average molecular weight is 348 g/mol. The number of benzene rings is 1. The van der Waals surface area contributed by atoms with Crippen LogP contribution in [0.25, 0.3) is 0 Å². The van der Waals surface area contributed by atoms with Gasteiger partial charge in [0.2, 0.25) is 5.91 Å². The smallest absolute Gasteiger partial charge is 0.276 e. The lowest BCUT2D eigenvalue weighted by atomic mass is 10.2. The van der Waals surface area contributed by atoms with Gasteiger partial charge in [-0.1, -0.05) is 30.3 Å². The molecule has 0 aliphatic heterocycles. The first-order valence-corrected chi connectivity index (χ1v) is 9.11. The Labute approximate surface area is 141 Å².